The molecule has 1 rings (SSSR count). The predicted octanol–water partition coefficient (Wildman–Crippen LogP) is 0.242. The van der Waals surface area contributed by atoms with Gasteiger partial charge in [-0.3, -0.25) is 10.1 Å². The summed E-state index contributed by atoms with van der Waals surface area (Å²) in [5.41, 5.74) is 0. The van der Waals surface area contributed by atoms with Crippen LogP contribution in [0.2, 0.25) is 0 Å². The molecule has 0 saturated heterocycles. The van der Waals surface area contributed by atoms with Crippen LogP contribution in [-0.2, 0) is 14.3 Å². The molecule has 0 spiro atoms. The molecule has 1 fully saturated rings. The highest BCUT2D eigenvalue weighted by molar-refractivity contribution is 5.72. The van der Waals surface area contributed by atoms with Crippen molar-refractivity contribution in [3.63, 3.8) is 0 Å². The fourth-order valence-corrected chi connectivity index (χ4v) is 1.83. The summed E-state index contributed by atoms with van der Waals surface area (Å²) >= 11 is 0. The Morgan fingerprint density at radius 3 is 2.80 bits per heavy atom. The molecule has 5 heteroatoms. The summed E-state index contributed by atoms with van der Waals surface area (Å²) < 4.78 is 10.7. The van der Waals surface area contributed by atoms with Crippen molar-refractivity contribution in [3.8, 4) is 0 Å². The lowest BCUT2D eigenvalue weighted by molar-refractivity contribution is -0.146. The quantitative estimate of drug-likeness (QED) is 0.667. The van der Waals surface area contributed by atoms with Crippen LogP contribution in [0.1, 0.15) is 20.3 Å². The van der Waals surface area contributed by atoms with Gasteiger partial charge in [-0.25, -0.2) is 0 Å². The minimum atomic E-state index is -0.843. The second-order valence-corrected chi connectivity index (χ2v) is 3.76. The molecule has 15 heavy (non-hydrogen) atoms. The predicted molar refractivity (Wildman–Crippen MR) is 54.8 cm³/mol. The maximum Gasteiger partial charge on any atom is 0.320 e. The van der Waals surface area contributed by atoms with Crippen LogP contribution >= 0.6 is 0 Å². The monoisotopic (exact) mass is 217 g/mol. The van der Waals surface area contributed by atoms with E-state index in [-0.39, 0.29) is 18.2 Å². The Kier molecular flexibility index (Phi) is 4.50. The van der Waals surface area contributed by atoms with Crippen LogP contribution in [0.25, 0.3) is 0 Å². The van der Waals surface area contributed by atoms with Crippen molar-refractivity contribution >= 4 is 5.97 Å². The lowest BCUT2D eigenvalue weighted by Gasteiger charge is -2.44. The molecule has 5 nitrogen and oxygen atoms in total. The van der Waals surface area contributed by atoms with Crippen LogP contribution in [0.5, 0.6) is 0 Å². The first-order valence-electron chi connectivity index (χ1n) is 5.23. The Hall–Kier alpha value is -0.650. The van der Waals surface area contributed by atoms with E-state index in [1.165, 1.54) is 0 Å². The van der Waals surface area contributed by atoms with E-state index < -0.39 is 12.0 Å². The molecule has 4 atom stereocenters. The van der Waals surface area contributed by atoms with Gasteiger partial charge in [0.2, 0.25) is 0 Å². The van der Waals surface area contributed by atoms with E-state index >= 15 is 0 Å². The lowest BCUT2D eigenvalue weighted by atomic mass is 9.84. The molecular weight excluding hydrogens is 198 g/mol. The van der Waals surface area contributed by atoms with E-state index in [0.717, 1.165) is 6.42 Å². The van der Waals surface area contributed by atoms with Gasteiger partial charge >= 0.3 is 5.97 Å². The Balaban J connectivity index is 2.36. The molecule has 0 aromatic heterocycles. The smallest absolute Gasteiger partial charge is 0.320 e. The van der Waals surface area contributed by atoms with E-state index in [1.54, 1.807) is 14.0 Å². The van der Waals surface area contributed by atoms with Crippen LogP contribution in [0, 0.1) is 0 Å². The third kappa shape index (κ3) is 2.90. The fourth-order valence-electron chi connectivity index (χ4n) is 1.83. The van der Waals surface area contributed by atoms with E-state index in [4.69, 9.17) is 14.6 Å². The van der Waals surface area contributed by atoms with Crippen LogP contribution in [0.15, 0.2) is 0 Å². The van der Waals surface area contributed by atoms with E-state index in [0.29, 0.717) is 6.61 Å². The lowest BCUT2D eigenvalue weighted by Crippen LogP contribution is -2.62. The number of hydrogen-bond acceptors (Lipinski definition) is 4. The molecule has 0 aliphatic heterocycles. The first kappa shape index (κ1) is 12.4. The molecule has 0 amide bonds. The van der Waals surface area contributed by atoms with Crippen molar-refractivity contribution in [1.29, 1.82) is 0 Å². The van der Waals surface area contributed by atoms with Gasteiger partial charge in [-0.1, -0.05) is 0 Å². The first-order valence-corrected chi connectivity index (χ1v) is 5.23. The van der Waals surface area contributed by atoms with Gasteiger partial charge in [-0.2, -0.15) is 0 Å². The van der Waals surface area contributed by atoms with Crippen molar-refractivity contribution in [3.05, 3.63) is 0 Å². The van der Waals surface area contributed by atoms with E-state index in [1.807, 2.05) is 6.92 Å². The molecule has 0 radical (unpaired) electrons. The number of carboxylic acids is 1. The van der Waals surface area contributed by atoms with Crippen molar-refractivity contribution in [2.75, 3.05) is 13.7 Å². The summed E-state index contributed by atoms with van der Waals surface area (Å²) in [7, 11) is 1.62. The molecule has 4 unspecified atom stereocenters. The summed E-state index contributed by atoms with van der Waals surface area (Å²) in [4.78, 5) is 10.6. The molecule has 1 saturated carbocycles. The Bertz CT molecular complexity index is 221. The number of hydrogen-bond donors (Lipinski definition) is 2. The maximum atomic E-state index is 10.6. The summed E-state index contributed by atoms with van der Waals surface area (Å²) in [5, 5.41) is 11.7. The number of carboxylic acid groups (broad SMARTS) is 1. The highest BCUT2D eigenvalue weighted by Gasteiger charge is 2.42. The van der Waals surface area contributed by atoms with Crippen LogP contribution in [0.4, 0.5) is 0 Å². The molecule has 0 aromatic carbocycles. The van der Waals surface area contributed by atoms with Gasteiger partial charge in [-0.05, 0) is 20.3 Å². The standard InChI is InChI=1S/C10H19NO4/c1-4-15-8-5-7(9(8)14-3)11-6(2)10(12)13/h6-9,11H,4-5H2,1-3H3,(H,12,13). The number of rotatable bonds is 6. The Labute approximate surface area is 89.8 Å². The van der Waals surface area contributed by atoms with Crippen molar-refractivity contribution in [1.82, 2.24) is 5.32 Å². The van der Waals surface area contributed by atoms with Crippen LogP contribution in [-0.4, -0.2) is 49.1 Å². The average Bonchev–Trinajstić information content (AvgIpc) is 2.16. The zero-order chi connectivity index (χ0) is 11.4. The van der Waals surface area contributed by atoms with Crippen molar-refractivity contribution < 1.29 is 19.4 Å². The van der Waals surface area contributed by atoms with Crippen molar-refractivity contribution in [2.24, 2.45) is 0 Å². The summed E-state index contributed by atoms with van der Waals surface area (Å²) in [6.07, 6.45) is 0.870. The number of aliphatic carboxylic acids is 1. The highest BCUT2D eigenvalue weighted by Crippen LogP contribution is 2.27. The largest absolute Gasteiger partial charge is 0.480 e. The topological polar surface area (TPSA) is 67.8 Å². The van der Waals surface area contributed by atoms with Gasteiger partial charge in [0, 0.05) is 19.8 Å². The molecule has 1 aliphatic carbocycles. The van der Waals surface area contributed by atoms with E-state index in [9.17, 15) is 4.79 Å². The fraction of sp³-hybridized carbons (Fsp3) is 0.900. The summed E-state index contributed by atoms with van der Waals surface area (Å²) in [5.74, 6) is -0.843. The normalized spacial score (nSPS) is 32.1. The summed E-state index contributed by atoms with van der Waals surface area (Å²) in [6, 6.07) is -0.465. The van der Waals surface area contributed by atoms with Gasteiger partial charge in [0.05, 0.1) is 12.2 Å². The first-order chi connectivity index (χ1) is 7.10. The van der Waals surface area contributed by atoms with Gasteiger partial charge in [0.25, 0.3) is 0 Å². The minimum Gasteiger partial charge on any atom is -0.480 e. The molecular formula is C10H19NO4. The third-order valence-corrected chi connectivity index (χ3v) is 2.74. The van der Waals surface area contributed by atoms with Crippen molar-refractivity contribution in [2.45, 2.75) is 44.6 Å². The average molecular weight is 217 g/mol. The molecule has 0 heterocycles. The second kappa shape index (κ2) is 5.44. The van der Waals surface area contributed by atoms with Crippen LogP contribution < -0.4 is 5.32 Å². The van der Waals surface area contributed by atoms with E-state index in [2.05, 4.69) is 5.32 Å². The van der Waals surface area contributed by atoms with Gasteiger partial charge in [0.1, 0.15) is 6.04 Å². The molecule has 88 valence electrons. The summed E-state index contributed by atoms with van der Waals surface area (Å²) in [6.45, 7) is 4.22. The molecule has 0 aromatic rings. The third-order valence-electron chi connectivity index (χ3n) is 2.74. The molecule has 1 aliphatic rings. The minimum absolute atomic E-state index is 0.0354. The number of carbonyl (C=O) groups is 1. The Morgan fingerprint density at radius 1 is 1.67 bits per heavy atom. The Morgan fingerprint density at radius 2 is 2.33 bits per heavy atom. The number of nitrogens with one attached hydrogen (secondary N) is 1. The number of methoxy groups -OCH3 is 1. The molecule has 2 N–H and O–H groups in total. The van der Waals surface area contributed by atoms with Gasteiger partial charge in [-0.15, -0.1) is 0 Å². The second-order valence-electron chi connectivity index (χ2n) is 3.76. The van der Waals surface area contributed by atoms with Crippen LogP contribution in [0.3, 0.4) is 0 Å². The molecule has 0 bridgehead atoms. The van der Waals surface area contributed by atoms with Gasteiger partial charge in [0.15, 0.2) is 0 Å². The highest BCUT2D eigenvalue weighted by atomic mass is 16.5. The maximum absolute atomic E-state index is 10.6. The van der Waals surface area contributed by atoms with Gasteiger partial charge < -0.3 is 14.6 Å². The number of ether oxygens (including phenoxy) is 2. The SMILES string of the molecule is CCOC1CC(NC(C)C(=O)O)C1OC. The zero-order valence-corrected chi connectivity index (χ0v) is 9.40. The zero-order valence-electron chi connectivity index (χ0n) is 9.40.